The summed E-state index contributed by atoms with van der Waals surface area (Å²) in [5, 5.41) is 0. The number of halogens is 7. The Morgan fingerprint density at radius 1 is 1.16 bits per heavy atom. The molecule has 0 radical (unpaired) electrons. The van der Waals surface area contributed by atoms with Crippen molar-refractivity contribution < 1.29 is 30.7 Å². The summed E-state index contributed by atoms with van der Waals surface area (Å²) >= 11 is 0. The van der Waals surface area contributed by atoms with E-state index in [1.807, 2.05) is 13.8 Å². The zero-order valence-corrected chi connectivity index (χ0v) is 13.3. The molecule has 2 atom stereocenters. The van der Waals surface area contributed by atoms with Gasteiger partial charge in [0.15, 0.2) is 5.69 Å². The van der Waals surface area contributed by atoms with Crippen molar-refractivity contribution in [3.05, 3.63) is 35.0 Å². The van der Waals surface area contributed by atoms with E-state index >= 15 is 0 Å². The van der Waals surface area contributed by atoms with Crippen molar-refractivity contribution in [1.82, 2.24) is 9.38 Å². The topological polar surface area (TPSA) is 17.3 Å². The molecule has 0 bridgehead atoms. The number of rotatable bonds is 3. The SMILES string of the molecule is CC(C)[C@H]1C[C@@H]1c1ccc2nc(C(F)(F)F)c(CC(F)(F)F)n2c1F. The molecular weight excluding hydrogens is 353 g/mol. The molecule has 2 heterocycles. The first-order chi connectivity index (χ1) is 11.4. The van der Waals surface area contributed by atoms with Crippen LogP contribution in [0.3, 0.4) is 0 Å². The third kappa shape index (κ3) is 3.32. The quantitative estimate of drug-likeness (QED) is 0.527. The largest absolute Gasteiger partial charge is 0.435 e. The van der Waals surface area contributed by atoms with Crippen LogP contribution in [0.5, 0.6) is 0 Å². The summed E-state index contributed by atoms with van der Waals surface area (Å²) in [6.07, 6.45) is -11.3. The van der Waals surface area contributed by atoms with Crippen LogP contribution in [0.25, 0.3) is 5.65 Å². The molecule has 2 aromatic heterocycles. The van der Waals surface area contributed by atoms with Crippen molar-refractivity contribution >= 4 is 5.65 Å². The second-order valence-corrected chi connectivity index (χ2v) is 6.72. The van der Waals surface area contributed by atoms with Crippen molar-refractivity contribution in [3.8, 4) is 0 Å². The molecule has 0 spiro atoms. The molecule has 0 aliphatic heterocycles. The Labute approximate surface area is 138 Å². The van der Waals surface area contributed by atoms with Crippen molar-refractivity contribution in [3.63, 3.8) is 0 Å². The average Bonchev–Trinajstić information content (AvgIpc) is 3.13. The Morgan fingerprint density at radius 2 is 1.80 bits per heavy atom. The summed E-state index contributed by atoms with van der Waals surface area (Å²) in [6, 6.07) is 2.46. The third-order valence-corrected chi connectivity index (χ3v) is 4.58. The number of aromatic nitrogens is 2. The van der Waals surface area contributed by atoms with E-state index in [2.05, 4.69) is 4.98 Å². The molecular formula is C16H15F7N2. The van der Waals surface area contributed by atoms with Crippen LogP contribution < -0.4 is 0 Å². The lowest BCUT2D eigenvalue weighted by atomic mass is 10.0. The molecule has 25 heavy (non-hydrogen) atoms. The number of pyridine rings is 1. The van der Waals surface area contributed by atoms with Crippen molar-refractivity contribution in [1.29, 1.82) is 0 Å². The number of hydrogen-bond donors (Lipinski definition) is 0. The van der Waals surface area contributed by atoms with Gasteiger partial charge in [-0.25, -0.2) is 4.98 Å². The molecule has 2 nitrogen and oxygen atoms in total. The van der Waals surface area contributed by atoms with Crippen molar-refractivity contribution in [2.24, 2.45) is 11.8 Å². The first-order valence-corrected chi connectivity index (χ1v) is 7.74. The van der Waals surface area contributed by atoms with Crippen LogP contribution in [-0.4, -0.2) is 15.6 Å². The summed E-state index contributed by atoms with van der Waals surface area (Å²) in [7, 11) is 0. The summed E-state index contributed by atoms with van der Waals surface area (Å²) in [5.41, 5.74) is -3.25. The van der Waals surface area contributed by atoms with E-state index in [-0.39, 0.29) is 23.3 Å². The average molecular weight is 368 g/mol. The number of hydrogen-bond acceptors (Lipinski definition) is 1. The maximum atomic E-state index is 14.8. The van der Waals surface area contributed by atoms with E-state index in [4.69, 9.17) is 0 Å². The predicted molar refractivity (Wildman–Crippen MR) is 75.6 cm³/mol. The molecule has 1 aliphatic rings. The second kappa shape index (κ2) is 5.60. The highest BCUT2D eigenvalue weighted by atomic mass is 19.4. The fraction of sp³-hybridized carbons (Fsp3) is 0.562. The Morgan fingerprint density at radius 3 is 2.28 bits per heavy atom. The summed E-state index contributed by atoms with van der Waals surface area (Å²) in [4.78, 5) is 3.20. The number of alkyl halides is 6. The molecule has 1 saturated carbocycles. The minimum Gasteiger partial charge on any atom is -0.272 e. The summed E-state index contributed by atoms with van der Waals surface area (Å²) in [6.45, 7) is 3.88. The van der Waals surface area contributed by atoms with Gasteiger partial charge < -0.3 is 0 Å². The molecule has 0 N–H and O–H groups in total. The Kier molecular flexibility index (Phi) is 4.04. The van der Waals surface area contributed by atoms with Crippen molar-refractivity contribution in [2.75, 3.05) is 0 Å². The van der Waals surface area contributed by atoms with E-state index in [1.165, 1.54) is 6.07 Å². The van der Waals surface area contributed by atoms with E-state index in [1.54, 1.807) is 0 Å². The predicted octanol–water partition coefficient (Wildman–Crippen LogP) is 5.36. The molecule has 0 unspecified atom stereocenters. The maximum absolute atomic E-state index is 14.8. The van der Waals surface area contributed by atoms with E-state index in [0.717, 1.165) is 6.07 Å². The highest BCUT2D eigenvalue weighted by Crippen LogP contribution is 2.52. The molecule has 1 fully saturated rings. The van der Waals surface area contributed by atoms with Crippen LogP contribution in [0, 0.1) is 17.8 Å². The Balaban J connectivity index is 2.18. The zero-order valence-electron chi connectivity index (χ0n) is 13.3. The van der Waals surface area contributed by atoms with Gasteiger partial charge in [-0.05, 0) is 30.2 Å². The molecule has 1 aliphatic carbocycles. The maximum Gasteiger partial charge on any atom is 0.435 e. The van der Waals surface area contributed by atoms with Crippen LogP contribution in [-0.2, 0) is 12.6 Å². The Bertz CT molecular complexity index is 801. The van der Waals surface area contributed by atoms with Gasteiger partial charge in [0, 0.05) is 5.56 Å². The van der Waals surface area contributed by atoms with Gasteiger partial charge in [0.2, 0.25) is 5.95 Å². The normalized spacial score (nSPS) is 21.4. The third-order valence-electron chi connectivity index (χ3n) is 4.58. The lowest BCUT2D eigenvalue weighted by molar-refractivity contribution is -0.146. The molecule has 0 aromatic carbocycles. The van der Waals surface area contributed by atoms with E-state index in [0.29, 0.717) is 10.8 Å². The lowest BCUT2D eigenvalue weighted by Gasteiger charge is -2.12. The minimum absolute atomic E-state index is 0.140. The van der Waals surface area contributed by atoms with Crippen LogP contribution in [0.15, 0.2) is 12.1 Å². The monoisotopic (exact) mass is 368 g/mol. The highest BCUT2D eigenvalue weighted by molar-refractivity contribution is 5.47. The fourth-order valence-electron chi connectivity index (χ4n) is 3.33. The van der Waals surface area contributed by atoms with Crippen molar-refractivity contribution in [2.45, 2.75) is 45.0 Å². The number of imidazole rings is 1. The molecule has 138 valence electrons. The first kappa shape index (κ1) is 18.0. The fourth-order valence-corrected chi connectivity index (χ4v) is 3.33. The number of fused-ring (bicyclic) bond motifs is 1. The highest BCUT2D eigenvalue weighted by Gasteiger charge is 2.45. The van der Waals surface area contributed by atoms with E-state index < -0.39 is 41.8 Å². The zero-order chi connectivity index (χ0) is 18.7. The van der Waals surface area contributed by atoms with E-state index in [9.17, 15) is 30.7 Å². The smallest absolute Gasteiger partial charge is 0.272 e. The van der Waals surface area contributed by atoms with Gasteiger partial charge in [0.25, 0.3) is 0 Å². The molecule has 9 heteroatoms. The van der Waals surface area contributed by atoms with Gasteiger partial charge in [-0.2, -0.15) is 30.7 Å². The van der Waals surface area contributed by atoms with Crippen LogP contribution in [0.1, 0.15) is 43.1 Å². The van der Waals surface area contributed by atoms with Crippen LogP contribution in [0.4, 0.5) is 30.7 Å². The lowest BCUT2D eigenvalue weighted by Crippen LogP contribution is -2.19. The van der Waals surface area contributed by atoms with Gasteiger partial charge in [-0.15, -0.1) is 0 Å². The van der Waals surface area contributed by atoms with Gasteiger partial charge in [0.1, 0.15) is 5.65 Å². The molecule has 2 aromatic rings. The van der Waals surface area contributed by atoms with Crippen LogP contribution >= 0.6 is 0 Å². The van der Waals surface area contributed by atoms with Crippen LogP contribution in [0.2, 0.25) is 0 Å². The Hall–Kier alpha value is -1.80. The first-order valence-electron chi connectivity index (χ1n) is 7.74. The van der Waals surface area contributed by atoms with Gasteiger partial charge >= 0.3 is 12.4 Å². The van der Waals surface area contributed by atoms with Gasteiger partial charge in [-0.1, -0.05) is 19.9 Å². The standard InChI is InChI=1S/C16H15F7N2/c1-7(2)9-5-10(9)8-3-4-12-24-13(16(21,22)23)11(6-15(18,19)20)25(12)14(8)17/h3-4,7,9-10H,5-6H2,1-2H3/t9-,10-/m1/s1. The second-order valence-electron chi connectivity index (χ2n) is 6.72. The summed E-state index contributed by atoms with van der Waals surface area (Å²) in [5.74, 6) is -0.861. The van der Waals surface area contributed by atoms with Gasteiger partial charge in [-0.3, -0.25) is 4.40 Å². The minimum atomic E-state index is -5.10. The summed E-state index contributed by atoms with van der Waals surface area (Å²) < 4.78 is 92.7. The molecule has 0 amide bonds. The molecule has 0 saturated heterocycles. The molecule has 3 rings (SSSR count). The van der Waals surface area contributed by atoms with Gasteiger partial charge in [0.05, 0.1) is 12.1 Å². The number of nitrogens with zero attached hydrogens (tertiary/aromatic N) is 2.